The number of hydrogen-bond donors (Lipinski definition) is 0. The van der Waals surface area contributed by atoms with Gasteiger partial charge in [0.1, 0.15) is 0 Å². The second kappa shape index (κ2) is 10.7. The van der Waals surface area contributed by atoms with Crippen LogP contribution in [0.2, 0.25) is 0 Å². The monoisotopic (exact) mass is 333 g/mol. The van der Waals surface area contributed by atoms with Crippen LogP contribution in [0.15, 0.2) is 60.5 Å². The van der Waals surface area contributed by atoms with E-state index >= 15 is 0 Å². The number of nitrogens with zero attached hydrogens (tertiary/aromatic N) is 1. The number of carbonyl (C=O) groups is 2. The number of carbonyl (C=O) groups excluding carboxylic acids is 2. The fourth-order valence-electron chi connectivity index (χ4n) is 1.98. The zero-order valence-corrected chi connectivity index (χ0v) is 14.3. The Morgan fingerprint density at radius 3 is 2.35 bits per heavy atom. The van der Waals surface area contributed by atoms with Gasteiger partial charge in [-0.15, -0.1) is 24.9 Å². The first-order valence-electron chi connectivity index (χ1n) is 7.50. The molecule has 0 aromatic heterocycles. The molecule has 0 radical (unpaired) electrons. The van der Waals surface area contributed by atoms with Crippen LogP contribution in [0.3, 0.4) is 0 Å². The van der Waals surface area contributed by atoms with Crippen molar-refractivity contribution in [2.45, 2.75) is 23.5 Å². The fourth-order valence-corrected chi connectivity index (χ4v) is 3.10. The molecule has 0 aliphatic rings. The molecule has 124 valence electrons. The molecule has 0 aliphatic carbocycles. The molecule has 0 saturated carbocycles. The van der Waals surface area contributed by atoms with Crippen LogP contribution in [0, 0.1) is 0 Å². The Morgan fingerprint density at radius 2 is 1.83 bits per heavy atom. The predicted octanol–water partition coefficient (Wildman–Crippen LogP) is 3.30. The van der Waals surface area contributed by atoms with Crippen molar-refractivity contribution >= 4 is 23.6 Å². The molecule has 4 nitrogen and oxygen atoms in total. The van der Waals surface area contributed by atoms with Gasteiger partial charge < -0.3 is 9.64 Å². The molecule has 5 heteroatoms. The highest BCUT2D eigenvalue weighted by molar-refractivity contribution is 8.00. The van der Waals surface area contributed by atoms with Crippen molar-refractivity contribution < 1.29 is 14.3 Å². The smallest absolute Gasteiger partial charge is 0.307 e. The first-order valence-corrected chi connectivity index (χ1v) is 8.38. The Bertz CT molecular complexity index is 520. The molecule has 0 N–H and O–H groups in total. The average Bonchev–Trinajstić information content (AvgIpc) is 2.54. The van der Waals surface area contributed by atoms with Crippen LogP contribution >= 0.6 is 11.8 Å². The summed E-state index contributed by atoms with van der Waals surface area (Å²) in [5.41, 5.74) is 0. The summed E-state index contributed by atoms with van der Waals surface area (Å²) in [7, 11) is 0. The Morgan fingerprint density at radius 1 is 1.22 bits per heavy atom. The van der Waals surface area contributed by atoms with Gasteiger partial charge in [-0.25, -0.2) is 0 Å². The Labute approximate surface area is 142 Å². The molecule has 1 atom stereocenters. The zero-order valence-electron chi connectivity index (χ0n) is 13.4. The lowest BCUT2D eigenvalue weighted by Gasteiger charge is -2.24. The van der Waals surface area contributed by atoms with Gasteiger partial charge in [0.15, 0.2) is 0 Å². The number of ether oxygens (including phenoxy) is 1. The van der Waals surface area contributed by atoms with Crippen LogP contribution in [0.1, 0.15) is 13.3 Å². The first kappa shape index (κ1) is 19.0. The topological polar surface area (TPSA) is 46.6 Å². The minimum absolute atomic E-state index is 0.0387. The molecule has 1 amide bonds. The van der Waals surface area contributed by atoms with Gasteiger partial charge in [-0.2, -0.15) is 0 Å². The third-order valence-corrected chi connectivity index (χ3v) is 4.16. The summed E-state index contributed by atoms with van der Waals surface area (Å²) in [6.07, 6.45) is 3.36. The van der Waals surface area contributed by atoms with E-state index in [0.717, 1.165) is 4.90 Å². The van der Waals surface area contributed by atoms with Gasteiger partial charge in [-0.05, 0) is 19.1 Å². The zero-order chi connectivity index (χ0) is 17.1. The van der Waals surface area contributed by atoms with Gasteiger partial charge in [0.2, 0.25) is 5.91 Å². The molecule has 23 heavy (non-hydrogen) atoms. The maximum absolute atomic E-state index is 12.8. The molecular weight excluding hydrogens is 310 g/mol. The molecule has 1 rings (SSSR count). The molecule has 0 heterocycles. The molecule has 1 aromatic carbocycles. The number of rotatable bonds is 10. The first-order chi connectivity index (χ1) is 11.1. The van der Waals surface area contributed by atoms with Gasteiger partial charge in [0, 0.05) is 18.0 Å². The SMILES string of the molecule is C=CCN(CC=C)C(=O)[C@H](CC(=O)OCC)Sc1ccccc1. The van der Waals surface area contributed by atoms with Crippen LogP contribution in [0.5, 0.6) is 0 Å². The Hall–Kier alpha value is -2.01. The van der Waals surface area contributed by atoms with Crippen molar-refractivity contribution in [2.75, 3.05) is 19.7 Å². The van der Waals surface area contributed by atoms with Crippen LogP contribution < -0.4 is 0 Å². The third kappa shape index (κ3) is 6.74. The number of thioether (sulfide) groups is 1. The standard InChI is InChI=1S/C18H23NO3S/c1-4-12-19(13-5-2)18(21)16(14-17(20)22-6-3)23-15-10-8-7-9-11-15/h4-5,7-11,16H,1-2,6,12-14H2,3H3/t16-/m0/s1. The van der Waals surface area contributed by atoms with Gasteiger partial charge >= 0.3 is 5.97 Å². The maximum Gasteiger partial charge on any atom is 0.307 e. The molecule has 1 aromatic rings. The van der Waals surface area contributed by atoms with Crippen molar-refractivity contribution in [2.24, 2.45) is 0 Å². The summed E-state index contributed by atoms with van der Waals surface area (Å²) in [4.78, 5) is 27.2. The van der Waals surface area contributed by atoms with Crippen molar-refractivity contribution in [3.05, 3.63) is 55.6 Å². The van der Waals surface area contributed by atoms with Crippen LogP contribution in [0.4, 0.5) is 0 Å². The van der Waals surface area contributed by atoms with Crippen molar-refractivity contribution in [1.29, 1.82) is 0 Å². The molecular formula is C18H23NO3S. The summed E-state index contributed by atoms with van der Waals surface area (Å²) < 4.78 is 5.00. The lowest BCUT2D eigenvalue weighted by molar-refractivity contribution is -0.145. The van der Waals surface area contributed by atoms with E-state index in [1.54, 1.807) is 24.0 Å². The molecule has 0 aliphatic heterocycles. The third-order valence-electron chi connectivity index (χ3n) is 2.97. The molecule has 0 spiro atoms. The van der Waals surface area contributed by atoms with Gasteiger partial charge in [0.25, 0.3) is 0 Å². The number of benzene rings is 1. The fraction of sp³-hybridized carbons (Fsp3) is 0.333. The van der Waals surface area contributed by atoms with Crippen molar-refractivity contribution in [3.8, 4) is 0 Å². The van der Waals surface area contributed by atoms with E-state index in [1.807, 2.05) is 30.3 Å². The lowest BCUT2D eigenvalue weighted by atomic mass is 10.2. The van der Waals surface area contributed by atoms with E-state index in [-0.39, 0.29) is 18.3 Å². The second-order valence-electron chi connectivity index (χ2n) is 4.75. The highest BCUT2D eigenvalue weighted by Crippen LogP contribution is 2.27. The summed E-state index contributed by atoms with van der Waals surface area (Å²) >= 11 is 1.37. The molecule has 0 fully saturated rings. The van der Waals surface area contributed by atoms with E-state index in [1.165, 1.54) is 11.8 Å². The normalized spacial score (nSPS) is 11.3. The van der Waals surface area contributed by atoms with E-state index in [9.17, 15) is 9.59 Å². The van der Waals surface area contributed by atoms with E-state index in [4.69, 9.17) is 4.74 Å². The molecule has 0 bridgehead atoms. The summed E-state index contributed by atoms with van der Waals surface area (Å²) in [5, 5.41) is -0.531. The van der Waals surface area contributed by atoms with Gasteiger partial charge in [-0.1, -0.05) is 30.4 Å². The number of amides is 1. The van der Waals surface area contributed by atoms with E-state index in [0.29, 0.717) is 19.7 Å². The number of hydrogen-bond acceptors (Lipinski definition) is 4. The highest BCUT2D eigenvalue weighted by atomic mass is 32.2. The summed E-state index contributed by atoms with van der Waals surface area (Å²) in [6, 6.07) is 9.55. The van der Waals surface area contributed by atoms with Crippen LogP contribution in [-0.4, -0.2) is 41.7 Å². The minimum atomic E-state index is -0.531. The predicted molar refractivity (Wildman–Crippen MR) is 94.3 cm³/mol. The van der Waals surface area contributed by atoms with Gasteiger partial charge in [0.05, 0.1) is 18.3 Å². The average molecular weight is 333 g/mol. The summed E-state index contributed by atoms with van der Waals surface area (Å²) in [5.74, 6) is -0.488. The van der Waals surface area contributed by atoms with E-state index < -0.39 is 5.25 Å². The van der Waals surface area contributed by atoms with Gasteiger partial charge in [-0.3, -0.25) is 9.59 Å². The largest absolute Gasteiger partial charge is 0.466 e. The minimum Gasteiger partial charge on any atom is -0.466 e. The Kier molecular flexibility index (Phi) is 8.83. The van der Waals surface area contributed by atoms with Crippen molar-refractivity contribution in [1.82, 2.24) is 4.90 Å². The number of esters is 1. The molecule has 0 unspecified atom stereocenters. The summed E-state index contributed by atoms with van der Waals surface area (Å²) in [6.45, 7) is 10.2. The molecule has 0 saturated heterocycles. The van der Waals surface area contributed by atoms with E-state index in [2.05, 4.69) is 13.2 Å². The van der Waals surface area contributed by atoms with Crippen LogP contribution in [-0.2, 0) is 14.3 Å². The Balaban J connectivity index is 2.91. The maximum atomic E-state index is 12.8. The lowest BCUT2D eigenvalue weighted by Crippen LogP contribution is -2.39. The quantitative estimate of drug-likeness (QED) is 0.374. The second-order valence-corrected chi connectivity index (χ2v) is 6.03. The van der Waals surface area contributed by atoms with Crippen molar-refractivity contribution in [3.63, 3.8) is 0 Å². The highest BCUT2D eigenvalue weighted by Gasteiger charge is 2.27. The van der Waals surface area contributed by atoms with Crippen LogP contribution in [0.25, 0.3) is 0 Å².